The maximum Gasteiger partial charge on any atom is 0.276 e. The molecule has 3 aromatic heterocycles. The Morgan fingerprint density at radius 3 is 2.58 bits per heavy atom. The first-order chi connectivity index (χ1) is 19.5. The van der Waals surface area contributed by atoms with Gasteiger partial charge in [-0.05, 0) is 50.4 Å². The minimum atomic E-state index is -0.204. The van der Waals surface area contributed by atoms with Gasteiger partial charge in [0.1, 0.15) is 5.82 Å². The first-order valence-corrected chi connectivity index (χ1v) is 13.4. The molecule has 2 aliphatic rings. The average molecular weight is 541 g/mol. The number of benzene rings is 1. The van der Waals surface area contributed by atoms with Gasteiger partial charge in [-0.1, -0.05) is 6.08 Å². The van der Waals surface area contributed by atoms with Crippen molar-refractivity contribution in [3.05, 3.63) is 71.7 Å². The predicted molar refractivity (Wildman–Crippen MR) is 156 cm³/mol. The van der Waals surface area contributed by atoms with Crippen molar-refractivity contribution in [2.45, 2.75) is 13.5 Å². The van der Waals surface area contributed by atoms with E-state index in [0.29, 0.717) is 40.7 Å². The topological polar surface area (TPSA) is 101 Å². The zero-order chi connectivity index (χ0) is 27.8. The molecule has 0 radical (unpaired) electrons. The number of hydrogen-bond acceptors (Lipinski definition) is 8. The highest BCUT2D eigenvalue weighted by atomic mass is 16.5. The van der Waals surface area contributed by atoms with Gasteiger partial charge in [0.05, 0.1) is 17.4 Å². The number of nitrogens with zero attached hydrogens (tertiary/aromatic N) is 7. The summed E-state index contributed by atoms with van der Waals surface area (Å²) in [7, 11) is 2.15. The molecule has 1 aromatic carbocycles. The molecule has 0 aliphatic carbocycles. The van der Waals surface area contributed by atoms with E-state index in [9.17, 15) is 9.59 Å². The zero-order valence-corrected chi connectivity index (χ0v) is 22.7. The van der Waals surface area contributed by atoms with Gasteiger partial charge in [0.15, 0.2) is 24.0 Å². The van der Waals surface area contributed by atoms with Crippen molar-refractivity contribution in [2.75, 3.05) is 61.5 Å². The van der Waals surface area contributed by atoms with Crippen molar-refractivity contribution in [1.29, 1.82) is 0 Å². The maximum absolute atomic E-state index is 13.4. The number of rotatable bonds is 7. The maximum atomic E-state index is 13.4. The average Bonchev–Trinajstić information content (AvgIpc) is 3.24. The molecule has 6 rings (SSSR count). The summed E-state index contributed by atoms with van der Waals surface area (Å²) >= 11 is 0. The Morgan fingerprint density at radius 2 is 1.85 bits per heavy atom. The molecular weight excluding hydrogens is 508 g/mol. The van der Waals surface area contributed by atoms with E-state index in [-0.39, 0.29) is 24.6 Å². The number of anilines is 4. The van der Waals surface area contributed by atoms with Crippen LogP contribution in [0, 0.1) is 0 Å². The lowest BCUT2D eigenvalue weighted by atomic mass is 10.2. The lowest BCUT2D eigenvalue weighted by Gasteiger charge is -2.34. The van der Waals surface area contributed by atoms with Crippen molar-refractivity contribution < 1.29 is 9.53 Å². The van der Waals surface area contributed by atoms with Gasteiger partial charge in [0, 0.05) is 56.4 Å². The smallest absolute Gasteiger partial charge is 0.276 e. The molecule has 0 saturated carbocycles. The van der Waals surface area contributed by atoms with Gasteiger partial charge in [-0.2, -0.15) is 0 Å². The molecule has 40 heavy (non-hydrogen) atoms. The lowest BCUT2D eigenvalue weighted by Crippen LogP contribution is -2.44. The van der Waals surface area contributed by atoms with Crippen LogP contribution in [0.5, 0.6) is 5.75 Å². The van der Waals surface area contributed by atoms with E-state index in [1.54, 1.807) is 38.7 Å². The third-order valence-corrected chi connectivity index (χ3v) is 7.39. The Morgan fingerprint density at radius 1 is 1.07 bits per heavy atom. The number of hydrogen-bond donors (Lipinski definition) is 1. The summed E-state index contributed by atoms with van der Waals surface area (Å²) in [6, 6.07) is 13.7. The molecule has 0 bridgehead atoms. The van der Waals surface area contributed by atoms with E-state index < -0.39 is 0 Å². The predicted octanol–water partition coefficient (Wildman–Crippen LogP) is 3.01. The van der Waals surface area contributed by atoms with Crippen molar-refractivity contribution in [3.8, 4) is 11.6 Å². The quantitative estimate of drug-likeness (QED) is 0.357. The summed E-state index contributed by atoms with van der Waals surface area (Å²) in [6.45, 7) is 10.5. The molecule has 11 heteroatoms. The first kappa shape index (κ1) is 25.6. The van der Waals surface area contributed by atoms with E-state index in [1.807, 2.05) is 25.1 Å². The summed E-state index contributed by atoms with van der Waals surface area (Å²) in [6.07, 6.45) is 3.24. The highest BCUT2D eigenvalue weighted by Crippen LogP contribution is 2.32. The number of likely N-dealkylation sites (N-methyl/N-ethyl adjacent to an activating group) is 2. The van der Waals surface area contributed by atoms with Crippen LogP contribution in [0.15, 0.2) is 66.1 Å². The van der Waals surface area contributed by atoms with Crippen LogP contribution in [0.4, 0.5) is 23.0 Å². The Hall–Kier alpha value is -4.64. The largest absolute Gasteiger partial charge is 0.480 e. The number of allylic oxidation sites excluding steroid dienone is 1. The van der Waals surface area contributed by atoms with Crippen LogP contribution in [0.25, 0.3) is 16.7 Å². The monoisotopic (exact) mass is 540 g/mol. The van der Waals surface area contributed by atoms with Crippen LogP contribution in [0.3, 0.4) is 0 Å². The summed E-state index contributed by atoms with van der Waals surface area (Å²) in [5.74, 6) is 1.89. The van der Waals surface area contributed by atoms with E-state index in [4.69, 9.17) is 9.72 Å². The second-order valence-electron chi connectivity index (χ2n) is 9.95. The molecule has 206 valence electrons. The van der Waals surface area contributed by atoms with Gasteiger partial charge in [0.25, 0.3) is 11.5 Å². The summed E-state index contributed by atoms with van der Waals surface area (Å²) in [5.41, 5.74) is 2.52. The Balaban J connectivity index is 1.36. The summed E-state index contributed by atoms with van der Waals surface area (Å²) in [5, 5.41) is 3.82. The number of nitrogens with one attached hydrogen (secondary N) is 1. The van der Waals surface area contributed by atoms with Gasteiger partial charge < -0.3 is 19.9 Å². The van der Waals surface area contributed by atoms with Crippen molar-refractivity contribution in [3.63, 3.8) is 0 Å². The second kappa shape index (κ2) is 10.5. The van der Waals surface area contributed by atoms with E-state index in [0.717, 1.165) is 31.9 Å². The van der Waals surface area contributed by atoms with E-state index in [2.05, 4.69) is 45.9 Å². The molecule has 0 unspecified atom stereocenters. The highest BCUT2D eigenvalue weighted by Gasteiger charge is 2.27. The van der Waals surface area contributed by atoms with Gasteiger partial charge >= 0.3 is 0 Å². The number of pyridine rings is 2. The second-order valence-corrected chi connectivity index (χ2v) is 9.95. The van der Waals surface area contributed by atoms with Crippen LogP contribution in [-0.4, -0.2) is 76.5 Å². The minimum Gasteiger partial charge on any atom is -0.480 e. The van der Waals surface area contributed by atoms with E-state index in [1.165, 1.54) is 5.69 Å². The van der Waals surface area contributed by atoms with Gasteiger partial charge in [-0.25, -0.2) is 19.3 Å². The molecule has 1 N–H and O–H groups in total. The zero-order valence-electron chi connectivity index (χ0n) is 22.7. The van der Waals surface area contributed by atoms with Crippen LogP contribution in [-0.2, 0) is 11.3 Å². The number of carbonyl (C=O) groups is 1. The first-order valence-electron chi connectivity index (χ1n) is 13.4. The third-order valence-electron chi connectivity index (χ3n) is 7.39. The molecule has 2 aliphatic heterocycles. The summed E-state index contributed by atoms with van der Waals surface area (Å²) in [4.78, 5) is 41.4. The molecule has 5 heterocycles. The molecule has 1 fully saturated rings. The fourth-order valence-electron chi connectivity index (χ4n) is 5.23. The molecule has 0 atom stereocenters. The normalized spacial score (nSPS) is 15.7. The number of fused-ring (bicyclic) bond motifs is 2. The van der Waals surface area contributed by atoms with Gasteiger partial charge in [-0.3, -0.25) is 14.5 Å². The Kier molecular flexibility index (Phi) is 6.72. The number of amides is 1. The lowest BCUT2D eigenvalue weighted by molar-refractivity contribution is -0.121. The standard InChI is InChI=1S/C29H32N8O3/c1-4-12-36-29(39)22-18-30-25(31-20-6-8-21(9-7-20)34-15-13-33(3)14-16-34)17-23(22)37(36)26-11-10-24-28(32-26)35(5-2)27(38)19-40-24/h4,6-11,17-18H,1,5,12-16,19H2,2-3H3,(H,30,31). The molecule has 1 amide bonds. The minimum absolute atomic E-state index is 0.0213. The number of piperazine rings is 1. The van der Waals surface area contributed by atoms with Crippen LogP contribution in [0.1, 0.15) is 6.92 Å². The number of ether oxygens (including phenoxy) is 1. The van der Waals surface area contributed by atoms with E-state index >= 15 is 0 Å². The van der Waals surface area contributed by atoms with Crippen molar-refractivity contribution in [1.82, 2.24) is 24.2 Å². The molecular formula is C29H32N8O3. The van der Waals surface area contributed by atoms with Gasteiger partial charge in [-0.15, -0.1) is 6.58 Å². The molecule has 11 nitrogen and oxygen atoms in total. The molecule has 1 saturated heterocycles. The Labute approximate surface area is 231 Å². The number of carbonyl (C=O) groups excluding carboxylic acids is 1. The summed E-state index contributed by atoms with van der Waals surface area (Å²) < 4.78 is 8.90. The van der Waals surface area contributed by atoms with Crippen molar-refractivity contribution >= 4 is 39.8 Å². The Bertz CT molecular complexity index is 1630. The van der Waals surface area contributed by atoms with Crippen molar-refractivity contribution in [2.24, 2.45) is 0 Å². The third kappa shape index (κ3) is 4.58. The highest BCUT2D eigenvalue weighted by molar-refractivity contribution is 5.96. The van der Waals surface area contributed by atoms with Crippen LogP contribution in [0.2, 0.25) is 0 Å². The fraction of sp³-hybridized carbons (Fsp3) is 0.310. The van der Waals surface area contributed by atoms with Crippen LogP contribution < -0.4 is 25.4 Å². The molecule has 0 spiro atoms. The SMILES string of the molecule is C=CCn1c(=O)c2cnc(Nc3ccc(N4CCN(C)CC4)cc3)cc2n1-c1ccc2c(n1)N(CC)C(=O)CO2. The van der Waals surface area contributed by atoms with Gasteiger partial charge in [0.2, 0.25) is 0 Å². The number of aromatic nitrogens is 4. The molecule has 4 aromatic rings. The van der Waals surface area contributed by atoms with Crippen LogP contribution >= 0.6 is 0 Å². The fourth-order valence-corrected chi connectivity index (χ4v) is 5.23.